The number of nitriles is 1. The lowest BCUT2D eigenvalue weighted by Crippen LogP contribution is -2.25. The van der Waals surface area contributed by atoms with E-state index < -0.39 is 10.0 Å². The van der Waals surface area contributed by atoms with Crippen molar-refractivity contribution in [1.82, 2.24) is 4.72 Å². The number of carbonyl (C=O) groups is 1. The van der Waals surface area contributed by atoms with E-state index in [0.29, 0.717) is 6.29 Å². The standard InChI is InChI=1S/C10H10N2O3S/c11-6-5-9-1-3-10(4-2-9)16(14,15)12-7-8-13/h1-4,8,12H,5,7H2. The first-order chi connectivity index (χ1) is 7.60. The second-order valence-electron chi connectivity index (χ2n) is 3.00. The van der Waals surface area contributed by atoms with Gasteiger partial charge in [0, 0.05) is 0 Å². The summed E-state index contributed by atoms with van der Waals surface area (Å²) in [6.07, 6.45) is 0.712. The van der Waals surface area contributed by atoms with E-state index in [1.807, 2.05) is 6.07 Å². The quantitative estimate of drug-likeness (QED) is 0.744. The number of sulfonamides is 1. The highest BCUT2D eigenvalue weighted by atomic mass is 32.2. The molecule has 1 aromatic carbocycles. The molecule has 6 heteroatoms. The van der Waals surface area contributed by atoms with Crippen molar-refractivity contribution >= 4 is 16.3 Å². The molecule has 0 atom stereocenters. The van der Waals surface area contributed by atoms with Crippen molar-refractivity contribution < 1.29 is 13.2 Å². The molecule has 1 aromatic rings. The van der Waals surface area contributed by atoms with E-state index in [4.69, 9.17) is 5.26 Å². The van der Waals surface area contributed by atoms with Crippen molar-refractivity contribution in [2.45, 2.75) is 11.3 Å². The number of carbonyl (C=O) groups excluding carboxylic acids is 1. The molecule has 0 spiro atoms. The summed E-state index contributed by atoms with van der Waals surface area (Å²) in [5.74, 6) is 0. The Labute approximate surface area is 93.8 Å². The molecule has 0 saturated heterocycles. The van der Waals surface area contributed by atoms with Crippen LogP contribution in [0.2, 0.25) is 0 Å². The van der Waals surface area contributed by atoms with Gasteiger partial charge in [0.25, 0.3) is 0 Å². The van der Waals surface area contributed by atoms with E-state index in [-0.39, 0.29) is 17.9 Å². The molecule has 5 nitrogen and oxygen atoms in total. The lowest BCUT2D eigenvalue weighted by molar-refractivity contribution is -0.106. The highest BCUT2D eigenvalue weighted by Crippen LogP contribution is 2.10. The molecule has 0 aliphatic rings. The van der Waals surface area contributed by atoms with Crippen LogP contribution in [-0.4, -0.2) is 21.2 Å². The van der Waals surface area contributed by atoms with Crippen LogP contribution in [-0.2, 0) is 21.2 Å². The molecule has 0 unspecified atom stereocenters. The fourth-order valence-corrected chi connectivity index (χ4v) is 2.05. The summed E-state index contributed by atoms with van der Waals surface area (Å²) in [7, 11) is -3.62. The maximum absolute atomic E-state index is 11.5. The zero-order chi connectivity index (χ0) is 12.0. The Bertz CT molecular complexity index is 500. The summed E-state index contributed by atoms with van der Waals surface area (Å²) in [6.45, 7) is -0.248. The largest absolute Gasteiger partial charge is 0.302 e. The molecule has 0 amide bonds. The van der Waals surface area contributed by atoms with Gasteiger partial charge in [-0.15, -0.1) is 0 Å². The number of rotatable bonds is 5. The van der Waals surface area contributed by atoms with Gasteiger partial charge < -0.3 is 4.79 Å². The van der Waals surface area contributed by atoms with E-state index in [1.165, 1.54) is 12.1 Å². The first-order valence-corrected chi connectivity index (χ1v) is 5.97. The molecule has 0 aliphatic carbocycles. The minimum Gasteiger partial charge on any atom is -0.302 e. The van der Waals surface area contributed by atoms with E-state index >= 15 is 0 Å². The smallest absolute Gasteiger partial charge is 0.240 e. The Morgan fingerprint density at radius 1 is 1.31 bits per heavy atom. The monoisotopic (exact) mass is 238 g/mol. The van der Waals surface area contributed by atoms with Gasteiger partial charge in [-0.05, 0) is 17.7 Å². The zero-order valence-corrected chi connectivity index (χ0v) is 9.20. The Kier molecular flexibility index (Phi) is 4.17. The van der Waals surface area contributed by atoms with Crippen LogP contribution in [0.5, 0.6) is 0 Å². The summed E-state index contributed by atoms with van der Waals surface area (Å²) in [5.41, 5.74) is 0.747. The van der Waals surface area contributed by atoms with Gasteiger partial charge in [-0.2, -0.15) is 5.26 Å². The average molecular weight is 238 g/mol. The molecule has 0 aromatic heterocycles. The molecule has 16 heavy (non-hydrogen) atoms. The molecule has 84 valence electrons. The van der Waals surface area contributed by atoms with Crippen molar-refractivity contribution in [2.24, 2.45) is 0 Å². The van der Waals surface area contributed by atoms with Crippen LogP contribution >= 0.6 is 0 Å². The second kappa shape index (κ2) is 5.39. The van der Waals surface area contributed by atoms with Crippen molar-refractivity contribution in [3.8, 4) is 6.07 Å². The minimum atomic E-state index is -3.62. The first kappa shape index (κ1) is 12.4. The Morgan fingerprint density at radius 3 is 2.44 bits per heavy atom. The Hall–Kier alpha value is -1.71. The summed E-state index contributed by atoms with van der Waals surface area (Å²) < 4.78 is 25.2. The molecule has 0 radical (unpaired) electrons. The molecule has 1 rings (SSSR count). The number of benzene rings is 1. The topological polar surface area (TPSA) is 87.0 Å². The summed E-state index contributed by atoms with van der Waals surface area (Å²) in [5, 5.41) is 8.45. The van der Waals surface area contributed by atoms with Gasteiger partial charge in [0.05, 0.1) is 23.9 Å². The highest BCUT2D eigenvalue weighted by Gasteiger charge is 2.12. The van der Waals surface area contributed by atoms with E-state index in [0.717, 1.165) is 5.56 Å². The van der Waals surface area contributed by atoms with Crippen LogP contribution in [0.4, 0.5) is 0 Å². The van der Waals surface area contributed by atoms with E-state index in [9.17, 15) is 13.2 Å². The fraction of sp³-hybridized carbons (Fsp3) is 0.200. The molecule has 0 aliphatic heterocycles. The van der Waals surface area contributed by atoms with Crippen molar-refractivity contribution in [3.63, 3.8) is 0 Å². The Morgan fingerprint density at radius 2 is 1.94 bits per heavy atom. The molecule has 0 bridgehead atoms. The van der Waals surface area contributed by atoms with Crippen LogP contribution < -0.4 is 4.72 Å². The maximum Gasteiger partial charge on any atom is 0.240 e. The molecule has 1 N–H and O–H groups in total. The number of nitrogens with zero attached hydrogens (tertiary/aromatic N) is 1. The molecule has 0 heterocycles. The van der Waals surface area contributed by atoms with Gasteiger partial charge in [-0.3, -0.25) is 0 Å². The molecular formula is C10H10N2O3S. The highest BCUT2D eigenvalue weighted by molar-refractivity contribution is 7.89. The average Bonchev–Trinajstić information content (AvgIpc) is 2.28. The number of nitrogens with one attached hydrogen (secondary N) is 1. The lowest BCUT2D eigenvalue weighted by Gasteiger charge is -2.04. The van der Waals surface area contributed by atoms with Crippen molar-refractivity contribution in [2.75, 3.05) is 6.54 Å². The van der Waals surface area contributed by atoms with Gasteiger partial charge in [-0.1, -0.05) is 12.1 Å². The van der Waals surface area contributed by atoms with Crippen molar-refractivity contribution in [3.05, 3.63) is 29.8 Å². The van der Waals surface area contributed by atoms with Gasteiger partial charge in [0.2, 0.25) is 10.0 Å². The number of hydrogen-bond acceptors (Lipinski definition) is 4. The van der Waals surface area contributed by atoms with Crippen molar-refractivity contribution in [1.29, 1.82) is 5.26 Å². The fourth-order valence-electron chi connectivity index (χ4n) is 1.10. The van der Waals surface area contributed by atoms with Crippen LogP contribution in [0.1, 0.15) is 5.56 Å². The first-order valence-electron chi connectivity index (χ1n) is 4.49. The number of aldehydes is 1. The van der Waals surface area contributed by atoms with Gasteiger partial charge in [0.15, 0.2) is 0 Å². The van der Waals surface area contributed by atoms with Crippen LogP contribution in [0.15, 0.2) is 29.2 Å². The predicted octanol–water partition coefficient (Wildman–Crippen LogP) is 0.230. The van der Waals surface area contributed by atoms with Crippen LogP contribution in [0.3, 0.4) is 0 Å². The SMILES string of the molecule is N#CCc1ccc(S(=O)(=O)NCC=O)cc1. The molecule has 0 fully saturated rings. The maximum atomic E-state index is 11.5. The third-order valence-electron chi connectivity index (χ3n) is 1.87. The third kappa shape index (κ3) is 3.15. The minimum absolute atomic E-state index is 0.0797. The molecular weight excluding hydrogens is 228 g/mol. The zero-order valence-electron chi connectivity index (χ0n) is 8.38. The summed E-state index contributed by atoms with van der Waals surface area (Å²) in [6, 6.07) is 7.91. The van der Waals surface area contributed by atoms with Gasteiger partial charge in [0.1, 0.15) is 6.29 Å². The summed E-state index contributed by atoms with van der Waals surface area (Å²) >= 11 is 0. The van der Waals surface area contributed by atoms with Crippen LogP contribution in [0.25, 0.3) is 0 Å². The third-order valence-corrected chi connectivity index (χ3v) is 3.31. The molecule has 0 saturated carbocycles. The lowest BCUT2D eigenvalue weighted by atomic mass is 10.2. The number of hydrogen-bond donors (Lipinski definition) is 1. The predicted molar refractivity (Wildman–Crippen MR) is 57.0 cm³/mol. The van der Waals surface area contributed by atoms with Gasteiger partial charge >= 0.3 is 0 Å². The summed E-state index contributed by atoms with van der Waals surface area (Å²) in [4.78, 5) is 10.1. The second-order valence-corrected chi connectivity index (χ2v) is 4.76. The van der Waals surface area contributed by atoms with E-state index in [1.54, 1.807) is 12.1 Å². The van der Waals surface area contributed by atoms with Crippen LogP contribution in [0, 0.1) is 11.3 Å². The van der Waals surface area contributed by atoms with E-state index in [2.05, 4.69) is 4.72 Å². The Balaban J connectivity index is 2.89. The normalized spacial score (nSPS) is 10.7. The van der Waals surface area contributed by atoms with Gasteiger partial charge in [-0.25, -0.2) is 13.1 Å².